The monoisotopic (exact) mass is 154 g/mol. The molecule has 0 fully saturated rings. The molecule has 64 valence electrons. The van der Waals surface area contributed by atoms with Crippen molar-refractivity contribution >= 4 is 0 Å². The summed E-state index contributed by atoms with van der Waals surface area (Å²) >= 11 is 0. The van der Waals surface area contributed by atoms with Crippen LogP contribution in [0.4, 0.5) is 0 Å². The fraction of sp³-hybridized carbons (Fsp3) is 0.778. The van der Waals surface area contributed by atoms with Gasteiger partial charge in [0.05, 0.1) is 0 Å². The lowest BCUT2D eigenvalue weighted by molar-refractivity contribution is 0.471. The van der Waals surface area contributed by atoms with Gasteiger partial charge in [0.1, 0.15) is 0 Å². The molecular weight excluding hydrogens is 136 g/mol. The van der Waals surface area contributed by atoms with Crippen LogP contribution in [0.1, 0.15) is 27.2 Å². The van der Waals surface area contributed by atoms with Gasteiger partial charge >= 0.3 is 0 Å². The first-order valence-electron chi connectivity index (χ1n) is 3.95. The zero-order valence-electron chi connectivity index (χ0n) is 7.70. The van der Waals surface area contributed by atoms with E-state index in [9.17, 15) is 0 Å². The first kappa shape index (κ1) is 10.5. The molecule has 0 atom stereocenters. The molecule has 3 N–H and O–H groups in total. The summed E-state index contributed by atoms with van der Waals surface area (Å²) in [5.74, 6) is 5.83. The van der Waals surface area contributed by atoms with Gasteiger partial charge in [0.2, 0.25) is 0 Å². The highest BCUT2D eigenvalue weighted by Gasteiger charge is 2.07. The Hall–Kier alpha value is -0.520. The third kappa shape index (κ3) is 9.48. The van der Waals surface area contributed by atoms with E-state index in [1.54, 1.807) is 0 Å². The van der Waals surface area contributed by atoms with Gasteiger partial charge in [-0.05, 0) is 20.8 Å². The SMILES string of the molecule is CC#CCCNCC(C)(C)N. The van der Waals surface area contributed by atoms with Gasteiger partial charge in [0.15, 0.2) is 0 Å². The molecule has 0 rings (SSSR count). The van der Waals surface area contributed by atoms with Crippen molar-refractivity contribution < 1.29 is 0 Å². The van der Waals surface area contributed by atoms with Crippen molar-refractivity contribution in [2.75, 3.05) is 13.1 Å². The van der Waals surface area contributed by atoms with Crippen molar-refractivity contribution in [2.45, 2.75) is 32.7 Å². The quantitative estimate of drug-likeness (QED) is 0.462. The fourth-order valence-corrected chi connectivity index (χ4v) is 0.686. The van der Waals surface area contributed by atoms with Crippen LogP contribution in [0.2, 0.25) is 0 Å². The molecule has 11 heavy (non-hydrogen) atoms. The average Bonchev–Trinajstić information content (AvgIpc) is 1.85. The summed E-state index contributed by atoms with van der Waals surface area (Å²) in [6.07, 6.45) is 0.909. The third-order valence-corrected chi connectivity index (χ3v) is 1.18. The second-order valence-electron chi connectivity index (χ2n) is 3.34. The summed E-state index contributed by atoms with van der Waals surface area (Å²) in [6.45, 7) is 7.64. The van der Waals surface area contributed by atoms with Crippen molar-refractivity contribution in [3.05, 3.63) is 0 Å². The Bertz CT molecular complexity index is 145. The fourth-order valence-electron chi connectivity index (χ4n) is 0.686. The van der Waals surface area contributed by atoms with E-state index >= 15 is 0 Å². The zero-order valence-corrected chi connectivity index (χ0v) is 7.70. The van der Waals surface area contributed by atoms with Gasteiger partial charge in [-0.15, -0.1) is 11.8 Å². The van der Waals surface area contributed by atoms with Crippen LogP contribution in [0.5, 0.6) is 0 Å². The molecule has 0 spiro atoms. The van der Waals surface area contributed by atoms with E-state index in [1.807, 2.05) is 20.8 Å². The normalized spacial score (nSPS) is 10.5. The number of hydrogen-bond acceptors (Lipinski definition) is 2. The van der Waals surface area contributed by atoms with E-state index in [1.165, 1.54) is 0 Å². The maximum Gasteiger partial charge on any atom is 0.0223 e. The first-order chi connectivity index (χ1) is 5.06. The van der Waals surface area contributed by atoms with Gasteiger partial charge in [-0.3, -0.25) is 0 Å². The Kier molecular flexibility index (Phi) is 4.93. The largest absolute Gasteiger partial charge is 0.324 e. The Morgan fingerprint density at radius 2 is 2.09 bits per heavy atom. The molecule has 0 aromatic carbocycles. The minimum Gasteiger partial charge on any atom is -0.324 e. The van der Waals surface area contributed by atoms with Crippen LogP contribution in [-0.4, -0.2) is 18.6 Å². The van der Waals surface area contributed by atoms with Crippen molar-refractivity contribution in [3.8, 4) is 11.8 Å². The molecule has 0 amide bonds. The molecular formula is C9H18N2. The molecule has 0 heterocycles. The van der Waals surface area contributed by atoms with E-state index in [0.29, 0.717) is 0 Å². The third-order valence-electron chi connectivity index (χ3n) is 1.18. The predicted octanol–water partition coefficient (Wildman–Crippen LogP) is 0.727. The lowest BCUT2D eigenvalue weighted by Crippen LogP contribution is -2.43. The highest BCUT2D eigenvalue weighted by molar-refractivity contribution is 4.95. The van der Waals surface area contributed by atoms with Gasteiger partial charge in [0, 0.05) is 25.0 Å². The zero-order chi connectivity index (χ0) is 8.74. The lowest BCUT2D eigenvalue weighted by atomic mass is 10.1. The van der Waals surface area contributed by atoms with Crippen LogP contribution in [0.3, 0.4) is 0 Å². The van der Waals surface area contributed by atoms with E-state index in [0.717, 1.165) is 19.5 Å². The summed E-state index contributed by atoms with van der Waals surface area (Å²) in [4.78, 5) is 0. The molecule has 0 aliphatic rings. The predicted molar refractivity (Wildman–Crippen MR) is 49.2 cm³/mol. The standard InChI is InChI=1S/C9H18N2/c1-4-5-6-7-11-8-9(2,3)10/h11H,6-8,10H2,1-3H3. The summed E-state index contributed by atoms with van der Waals surface area (Å²) in [5.41, 5.74) is 5.64. The smallest absolute Gasteiger partial charge is 0.0223 e. The van der Waals surface area contributed by atoms with Crippen LogP contribution in [0.15, 0.2) is 0 Å². The van der Waals surface area contributed by atoms with Gasteiger partial charge in [-0.2, -0.15) is 0 Å². The number of hydrogen-bond donors (Lipinski definition) is 2. The number of rotatable bonds is 4. The van der Waals surface area contributed by atoms with Gasteiger partial charge in [0.25, 0.3) is 0 Å². The van der Waals surface area contributed by atoms with E-state index < -0.39 is 0 Å². The van der Waals surface area contributed by atoms with E-state index in [4.69, 9.17) is 5.73 Å². The number of nitrogens with two attached hydrogens (primary N) is 1. The van der Waals surface area contributed by atoms with Crippen molar-refractivity contribution in [1.29, 1.82) is 0 Å². The Morgan fingerprint density at radius 1 is 1.45 bits per heavy atom. The second kappa shape index (κ2) is 5.17. The Balaban J connectivity index is 3.19. The summed E-state index contributed by atoms with van der Waals surface area (Å²) in [7, 11) is 0. The van der Waals surface area contributed by atoms with Crippen molar-refractivity contribution in [1.82, 2.24) is 5.32 Å². The van der Waals surface area contributed by atoms with E-state index in [-0.39, 0.29) is 5.54 Å². The van der Waals surface area contributed by atoms with Gasteiger partial charge in [-0.1, -0.05) is 0 Å². The Morgan fingerprint density at radius 3 is 2.55 bits per heavy atom. The van der Waals surface area contributed by atoms with Gasteiger partial charge < -0.3 is 11.1 Å². The van der Waals surface area contributed by atoms with Crippen molar-refractivity contribution in [2.24, 2.45) is 5.73 Å². The van der Waals surface area contributed by atoms with Crippen LogP contribution < -0.4 is 11.1 Å². The second-order valence-corrected chi connectivity index (χ2v) is 3.34. The summed E-state index contributed by atoms with van der Waals surface area (Å²) < 4.78 is 0. The van der Waals surface area contributed by atoms with Crippen LogP contribution in [0.25, 0.3) is 0 Å². The molecule has 0 bridgehead atoms. The molecule has 2 nitrogen and oxygen atoms in total. The van der Waals surface area contributed by atoms with Crippen LogP contribution >= 0.6 is 0 Å². The molecule has 0 aromatic heterocycles. The highest BCUT2D eigenvalue weighted by atomic mass is 14.9. The molecule has 0 aromatic rings. The molecule has 0 saturated heterocycles. The van der Waals surface area contributed by atoms with Crippen molar-refractivity contribution in [3.63, 3.8) is 0 Å². The Labute approximate surface area is 69.5 Å². The first-order valence-corrected chi connectivity index (χ1v) is 3.95. The molecule has 2 heteroatoms. The van der Waals surface area contributed by atoms with E-state index in [2.05, 4.69) is 17.2 Å². The topological polar surface area (TPSA) is 38.0 Å². The number of nitrogens with one attached hydrogen (secondary N) is 1. The molecule has 0 aliphatic heterocycles. The molecule has 0 saturated carbocycles. The minimum absolute atomic E-state index is 0.111. The van der Waals surface area contributed by atoms with Crippen LogP contribution in [-0.2, 0) is 0 Å². The summed E-state index contributed by atoms with van der Waals surface area (Å²) in [5, 5.41) is 3.23. The molecule has 0 aliphatic carbocycles. The lowest BCUT2D eigenvalue weighted by Gasteiger charge is -2.18. The maximum atomic E-state index is 5.75. The minimum atomic E-state index is -0.111. The average molecular weight is 154 g/mol. The maximum absolute atomic E-state index is 5.75. The summed E-state index contributed by atoms with van der Waals surface area (Å²) in [6, 6.07) is 0. The van der Waals surface area contributed by atoms with Crippen LogP contribution in [0, 0.1) is 11.8 Å². The highest BCUT2D eigenvalue weighted by Crippen LogP contribution is 1.91. The van der Waals surface area contributed by atoms with Gasteiger partial charge in [-0.25, -0.2) is 0 Å². The molecule has 0 unspecified atom stereocenters. The molecule has 0 radical (unpaired) electrons.